The molecule has 0 amide bonds. The number of nitrogens with two attached hydrogens (primary N) is 1. The van der Waals surface area contributed by atoms with E-state index in [0.717, 1.165) is 41.6 Å². The van der Waals surface area contributed by atoms with Crippen LogP contribution in [0.4, 0.5) is 0 Å². The van der Waals surface area contributed by atoms with E-state index in [1.165, 1.54) is 25.1 Å². The van der Waals surface area contributed by atoms with E-state index < -0.39 is 21.1 Å². The number of aromatic nitrogens is 2. The molecule has 0 bridgehead atoms. The Bertz CT molecular complexity index is 1530. The van der Waals surface area contributed by atoms with Crippen molar-refractivity contribution in [3.63, 3.8) is 0 Å². The zero-order valence-electron chi connectivity index (χ0n) is 20.3. The molecule has 1 saturated heterocycles. The summed E-state index contributed by atoms with van der Waals surface area (Å²) in [6.45, 7) is 5.53. The molecule has 4 rings (SSSR count). The second kappa shape index (κ2) is 10.7. The Morgan fingerprint density at radius 2 is 1.86 bits per heavy atom. The van der Waals surface area contributed by atoms with Crippen LogP contribution >= 0.6 is 23.2 Å². The number of sulfone groups is 1. The number of likely N-dealkylation sites (tertiary alicyclic amines) is 1. The molecule has 1 aromatic heterocycles. The highest BCUT2D eigenvalue weighted by Crippen LogP contribution is 2.30. The predicted molar refractivity (Wildman–Crippen MR) is 144 cm³/mol. The predicted octanol–water partition coefficient (Wildman–Crippen LogP) is 3.32. The van der Waals surface area contributed by atoms with Crippen LogP contribution in [0.3, 0.4) is 0 Å². The summed E-state index contributed by atoms with van der Waals surface area (Å²) in [5.41, 5.74) is 7.27. The van der Waals surface area contributed by atoms with Crippen molar-refractivity contribution in [3.8, 4) is 0 Å². The number of halogens is 2. The van der Waals surface area contributed by atoms with Gasteiger partial charge in [-0.1, -0.05) is 37.0 Å². The lowest BCUT2D eigenvalue weighted by molar-refractivity contribution is 0.201. The van der Waals surface area contributed by atoms with Gasteiger partial charge in [0.15, 0.2) is 9.84 Å². The number of hydrogen-bond acceptors (Lipinski definition) is 6. The van der Waals surface area contributed by atoms with Crippen LogP contribution in [0.2, 0.25) is 10.0 Å². The van der Waals surface area contributed by atoms with Crippen molar-refractivity contribution in [1.82, 2.24) is 14.5 Å². The molecule has 1 aliphatic rings. The first kappa shape index (κ1) is 26.9. The average molecular weight is 554 g/mol. The van der Waals surface area contributed by atoms with Gasteiger partial charge in [0.2, 0.25) is 0 Å². The summed E-state index contributed by atoms with van der Waals surface area (Å²) < 4.78 is 26.2. The summed E-state index contributed by atoms with van der Waals surface area (Å²) in [7, 11) is -3.60. The monoisotopic (exact) mass is 552 g/mol. The number of H-pyrrole nitrogens is 1. The molecular weight excluding hydrogens is 523 g/mol. The first-order valence-electron chi connectivity index (χ1n) is 12.0. The van der Waals surface area contributed by atoms with E-state index in [9.17, 15) is 18.0 Å². The number of nitrogens with one attached hydrogen (secondary N) is 1. The van der Waals surface area contributed by atoms with E-state index in [1.54, 1.807) is 6.07 Å². The van der Waals surface area contributed by atoms with Gasteiger partial charge in [-0.15, -0.1) is 0 Å². The number of nitrogens with zero attached hydrogens (tertiary/aromatic N) is 2. The Balaban J connectivity index is 1.83. The van der Waals surface area contributed by atoms with Crippen LogP contribution in [-0.4, -0.2) is 47.8 Å². The van der Waals surface area contributed by atoms with Crippen LogP contribution < -0.4 is 17.0 Å². The third kappa shape index (κ3) is 5.26. The maximum atomic E-state index is 13.5. The molecule has 0 aliphatic carbocycles. The maximum absolute atomic E-state index is 13.5. The summed E-state index contributed by atoms with van der Waals surface area (Å²) in [6.07, 6.45) is 2.65. The van der Waals surface area contributed by atoms with Crippen molar-refractivity contribution < 1.29 is 8.42 Å². The Hall–Kier alpha value is -2.17. The van der Waals surface area contributed by atoms with E-state index in [2.05, 4.69) is 9.88 Å². The van der Waals surface area contributed by atoms with Crippen molar-refractivity contribution in [2.45, 2.75) is 57.1 Å². The molecule has 8 nitrogen and oxygen atoms in total. The van der Waals surface area contributed by atoms with Crippen LogP contribution in [0.5, 0.6) is 0 Å². The summed E-state index contributed by atoms with van der Waals surface area (Å²) in [4.78, 5) is 31.6. The van der Waals surface area contributed by atoms with Crippen LogP contribution in [-0.2, 0) is 29.3 Å². The van der Waals surface area contributed by atoms with Gasteiger partial charge >= 0.3 is 5.69 Å². The normalized spacial score (nSPS) is 17.1. The number of benzene rings is 2. The molecule has 36 heavy (non-hydrogen) atoms. The van der Waals surface area contributed by atoms with Crippen molar-refractivity contribution >= 4 is 43.9 Å². The molecule has 1 aliphatic heterocycles. The minimum absolute atomic E-state index is 0.0446. The molecule has 11 heteroatoms. The van der Waals surface area contributed by atoms with Gasteiger partial charge in [-0.2, -0.15) is 0 Å². The van der Waals surface area contributed by atoms with E-state index in [-0.39, 0.29) is 39.7 Å². The fraction of sp³-hybridized carbons (Fsp3) is 0.440. The third-order valence-electron chi connectivity index (χ3n) is 6.78. The van der Waals surface area contributed by atoms with E-state index in [4.69, 9.17) is 28.9 Å². The molecule has 0 radical (unpaired) electrons. The Morgan fingerprint density at radius 1 is 1.11 bits per heavy atom. The summed E-state index contributed by atoms with van der Waals surface area (Å²) >= 11 is 12.9. The molecule has 2 aromatic carbocycles. The second-order valence-corrected chi connectivity index (χ2v) is 12.3. The second-order valence-electron chi connectivity index (χ2n) is 9.22. The van der Waals surface area contributed by atoms with Crippen molar-refractivity contribution in [2.24, 2.45) is 5.73 Å². The summed E-state index contributed by atoms with van der Waals surface area (Å²) in [6, 6.07) is 6.24. The molecule has 3 N–H and O–H groups in total. The average Bonchev–Trinajstić information content (AvgIpc) is 2.84. The number of piperidine rings is 1. The third-order valence-corrected chi connectivity index (χ3v) is 9.26. The lowest BCUT2D eigenvalue weighted by Gasteiger charge is -2.31. The lowest BCUT2D eigenvalue weighted by Crippen LogP contribution is -2.42. The minimum Gasteiger partial charge on any atom is -0.327 e. The minimum atomic E-state index is -3.60. The highest BCUT2D eigenvalue weighted by atomic mass is 35.5. The molecule has 3 aromatic rings. The highest BCUT2D eigenvalue weighted by Gasteiger charge is 2.23. The number of aromatic amines is 1. The zero-order chi connectivity index (χ0) is 26.2. The quantitative estimate of drug-likeness (QED) is 0.464. The van der Waals surface area contributed by atoms with Crippen molar-refractivity contribution in [1.29, 1.82) is 0 Å². The Kier molecular flexibility index (Phi) is 7.97. The van der Waals surface area contributed by atoms with Crippen molar-refractivity contribution in [3.05, 3.63) is 71.8 Å². The number of fused-ring (bicyclic) bond motifs is 1. The van der Waals surface area contributed by atoms with Gasteiger partial charge in [-0.05, 0) is 66.8 Å². The van der Waals surface area contributed by atoms with E-state index in [0.29, 0.717) is 23.0 Å². The standard InChI is InChI=1S/C25H30Cl2N4O4S/c1-3-15-11-19-23(22(27)20(15)14-30-9-5-6-18(28)13-30)29-25(33)31(24(19)32)12-16-10-17(26)7-8-21(16)36(34,35)4-2/h7-8,10-11,18H,3-6,9,12-14,28H2,1-2H3,(H,29,33)/t18-/m1/s1. The zero-order valence-corrected chi connectivity index (χ0v) is 22.6. The maximum Gasteiger partial charge on any atom is 0.329 e. The Morgan fingerprint density at radius 3 is 2.53 bits per heavy atom. The molecule has 0 saturated carbocycles. The van der Waals surface area contributed by atoms with Gasteiger partial charge in [-0.3, -0.25) is 14.3 Å². The van der Waals surface area contributed by atoms with E-state index >= 15 is 0 Å². The SMILES string of the molecule is CCc1cc2c(=O)n(Cc3cc(Cl)ccc3S(=O)(=O)CC)c(=O)[nH]c2c(Cl)c1CN1CCC[C@@H](N)C1. The molecule has 1 fully saturated rings. The topological polar surface area (TPSA) is 118 Å². The van der Waals surface area contributed by atoms with Gasteiger partial charge < -0.3 is 10.7 Å². The van der Waals surface area contributed by atoms with Gasteiger partial charge in [0.05, 0.1) is 33.1 Å². The summed E-state index contributed by atoms with van der Waals surface area (Å²) in [5.74, 6) is -0.120. The van der Waals surface area contributed by atoms with Crippen LogP contribution in [0, 0.1) is 0 Å². The van der Waals surface area contributed by atoms with Gasteiger partial charge in [0.25, 0.3) is 5.56 Å². The fourth-order valence-electron chi connectivity index (χ4n) is 4.84. The van der Waals surface area contributed by atoms with Crippen LogP contribution in [0.25, 0.3) is 10.9 Å². The lowest BCUT2D eigenvalue weighted by atomic mass is 9.99. The van der Waals surface area contributed by atoms with Crippen LogP contribution in [0.1, 0.15) is 43.4 Å². The highest BCUT2D eigenvalue weighted by molar-refractivity contribution is 7.91. The van der Waals surface area contributed by atoms with Gasteiger partial charge in [0.1, 0.15) is 0 Å². The van der Waals surface area contributed by atoms with E-state index in [1.807, 2.05) is 6.92 Å². The molecule has 1 atom stereocenters. The smallest absolute Gasteiger partial charge is 0.327 e. The van der Waals surface area contributed by atoms with Crippen LogP contribution in [0.15, 0.2) is 38.8 Å². The van der Waals surface area contributed by atoms with Gasteiger partial charge in [-0.25, -0.2) is 13.2 Å². The van der Waals surface area contributed by atoms with Crippen molar-refractivity contribution in [2.75, 3.05) is 18.8 Å². The molecule has 0 unspecified atom stereocenters. The number of hydrogen-bond donors (Lipinski definition) is 2. The first-order chi connectivity index (χ1) is 17.1. The fourth-order valence-corrected chi connectivity index (χ4v) is 6.47. The molecule has 194 valence electrons. The first-order valence-corrected chi connectivity index (χ1v) is 14.4. The number of aryl methyl sites for hydroxylation is 1. The summed E-state index contributed by atoms with van der Waals surface area (Å²) in [5, 5.41) is 0.933. The molecular formula is C25H30Cl2N4O4S. The number of rotatable bonds is 7. The Labute approximate surface area is 219 Å². The van der Waals surface area contributed by atoms with Gasteiger partial charge in [0, 0.05) is 24.2 Å². The molecule has 0 spiro atoms. The molecule has 2 heterocycles. The largest absolute Gasteiger partial charge is 0.329 e.